The first-order valence-corrected chi connectivity index (χ1v) is 13.8. The molecule has 2 atom stereocenters. The molecule has 3 saturated heterocycles. The number of rotatable bonds is 4. The highest BCUT2D eigenvalue weighted by Crippen LogP contribution is 2.45. The van der Waals surface area contributed by atoms with E-state index in [4.69, 9.17) is 16.7 Å². The third-order valence-electron chi connectivity index (χ3n) is 8.86. The number of anilines is 1. The zero-order chi connectivity index (χ0) is 26.7. The standard InChI is InChI=1S/C28H34ClN7O2/c1-5-23(37)34-9-6-19(7-10-34)36-17(3)25(26-20-14-30-31-21(20)12-16(2)27(26)29)28(32-36)35-11-8-22-18(15-35)13-24(38)33(22)4/h5,12,14,18-19,22H,1,6-11,13,15H2,2-4H3,(H,30,31). The molecule has 5 heterocycles. The molecule has 6 rings (SSSR count). The fourth-order valence-electron chi connectivity index (χ4n) is 6.75. The summed E-state index contributed by atoms with van der Waals surface area (Å²) in [5, 5.41) is 14.4. The Bertz CT molecular complexity index is 1430. The van der Waals surface area contributed by atoms with Crippen LogP contribution < -0.4 is 4.90 Å². The van der Waals surface area contributed by atoms with E-state index in [9.17, 15) is 9.59 Å². The van der Waals surface area contributed by atoms with Gasteiger partial charge >= 0.3 is 0 Å². The van der Waals surface area contributed by atoms with Crippen LogP contribution in [-0.2, 0) is 9.59 Å². The van der Waals surface area contributed by atoms with Crippen molar-refractivity contribution < 1.29 is 9.59 Å². The molecule has 0 radical (unpaired) electrons. The second-order valence-electron chi connectivity index (χ2n) is 11.0. The van der Waals surface area contributed by atoms with Crippen molar-refractivity contribution >= 4 is 40.1 Å². The van der Waals surface area contributed by atoms with Crippen LogP contribution in [0.5, 0.6) is 0 Å². The molecular formula is C28H34ClN7O2. The van der Waals surface area contributed by atoms with Gasteiger partial charge in [0.1, 0.15) is 0 Å². The number of fused-ring (bicyclic) bond motifs is 2. The fourth-order valence-corrected chi connectivity index (χ4v) is 7.00. The predicted octanol–water partition coefficient (Wildman–Crippen LogP) is 4.10. The van der Waals surface area contributed by atoms with Gasteiger partial charge in [-0.1, -0.05) is 18.2 Å². The van der Waals surface area contributed by atoms with Crippen LogP contribution in [0.1, 0.15) is 43.0 Å². The molecule has 10 heteroatoms. The lowest BCUT2D eigenvalue weighted by molar-refractivity contribution is -0.128. The number of nitrogens with one attached hydrogen (secondary N) is 1. The van der Waals surface area contributed by atoms with Crippen LogP contribution in [0.25, 0.3) is 22.0 Å². The lowest BCUT2D eigenvalue weighted by atomic mass is 9.92. The van der Waals surface area contributed by atoms with Gasteiger partial charge in [-0.3, -0.25) is 19.4 Å². The number of aryl methyl sites for hydroxylation is 1. The predicted molar refractivity (Wildman–Crippen MR) is 148 cm³/mol. The number of likely N-dealkylation sites (tertiary alicyclic amines) is 2. The number of halogens is 1. The number of aromatic nitrogens is 4. The van der Waals surface area contributed by atoms with Crippen molar-refractivity contribution in [3.05, 3.63) is 41.2 Å². The summed E-state index contributed by atoms with van der Waals surface area (Å²) in [5.41, 5.74) is 4.97. The molecule has 9 nitrogen and oxygen atoms in total. The minimum absolute atomic E-state index is 0.0187. The second-order valence-corrected chi connectivity index (χ2v) is 11.4. The minimum atomic E-state index is -0.0187. The minimum Gasteiger partial charge on any atom is -0.354 e. The molecule has 3 fully saturated rings. The van der Waals surface area contributed by atoms with Crippen LogP contribution in [0.3, 0.4) is 0 Å². The Morgan fingerprint density at radius 1 is 1.18 bits per heavy atom. The van der Waals surface area contributed by atoms with Gasteiger partial charge in [0, 0.05) is 73.8 Å². The van der Waals surface area contributed by atoms with Gasteiger partial charge in [-0.05, 0) is 50.8 Å². The topological polar surface area (TPSA) is 90.4 Å². The van der Waals surface area contributed by atoms with Gasteiger partial charge in [-0.15, -0.1) is 0 Å². The number of H-pyrrole nitrogens is 1. The summed E-state index contributed by atoms with van der Waals surface area (Å²) < 4.78 is 2.16. The zero-order valence-electron chi connectivity index (χ0n) is 22.2. The van der Waals surface area contributed by atoms with Gasteiger partial charge < -0.3 is 14.7 Å². The Kier molecular flexibility index (Phi) is 6.21. The maximum atomic E-state index is 12.5. The van der Waals surface area contributed by atoms with E-state index in [1.54, 1.807) is 0 Å². The van der Waals surface area contributed by atoms with Crippen LogP contribution >= 0.6 is 11.6 Å². The molecule has 1 N–H and O–H groups in total. The first kappa shape index (κ1) is 25.0. The third-order valence-corrected chi connectivity index (χ3v) is 9.35. The van der Waals surface area contributed by atoms with Crippen molar-refractivity contribution in [2.45, 2.75) is 51.6 Å². The van der Waals surface area contributed by atoms with Gasteiger partial charge in [-0.2, -0.15) is 10.2 Å². The Morgan fingerprint density at radius 3 is 2.68 bits per heavy atom. The second kappa shape index (κ2) is 9.45. The van der Waals surface area contributed by atoms with Gasteiger partial charge in [0.2, 0.25) is 11.8 Å². The summed E-state index contributed by atoms with van der Waals surface area (Å²) in [6, 6.07) is 2.50. The van der Waals surface area contributed by atoms with Crippen LogP contribution in [0.2, 0.25) is 5.02 Å². The quantitative estimate of drug-likeness (QED) is 0.508. The summed E-state index contributed by atoms with van der Waals surface area (Å²) in [4.78, 5) is 30.8. The summed E-state index contributed by atoms with van der Waals surface area (Å²) >= 11 is 7.04. The number of hydrogen-bond acceptors (Lipinski definition) is 5. The highest BCUT2D eigenvalue weighted by atomic mass is 35.5. The van der Waals surface area contributed by atoms with Crippen LogP contribution in [0, 0.1) is 19.8 Å². The molecule has 0 spiro atoms. The first-order valence-electron chi connectivity index (χ1n) is 13.4. The van der Waals surface area contributed by atoms with E-state index in [-0.39, 0.29) is 23.8 Å². The average Bonchev–Trinajstić information content (AvgIpc) is 3.60. The number of amides is 2. The van der Waals surface area contributed by atoms with E-state index in [0.717, 1.165) is 71.5 Å². The van der Waals surface area contributed by atoms with Crippen molar-refractivity contribution in [3.8, 4) is 11.1 Å². The smallest absolute Gasteiger partial charge is 0.245 e. The van der Waals surface area contributed by atoms with Crippen molar-refractivity contribution in [3.63, 3.8) is 0 Å². The molecule has 2 aromatic heterocycles. The van der Waals surface area contributed by atoms with Crippen LogP contribution in [-0.4, -0.2) is 80.9 Å². The number of carbonyl (C=O) groups is 2. The van der Waals surface area contributed by atoms with Gasteiger partial charge in [0.25, 0.3) is 0 Å². The Hall–Kier alpha value is -3.33. The third kappa shape index (κ3) is 3.90. The number of nitrogens with zero attached hydrogens (tertiary/aromatic N) is 6. The number of aromatic amines is 1. The Morgan fingerprint density at radius 2 is 1.95 bits per heavy atom. The molecule has 200 valence electrons. The molecule has 1 aromatic carbocycles. The summed E-state index contributed by atoms with van der Waals surface area (Å²) in [6.45, 7) is 10.7. The lowest BCUT2D eigenvalue weighted by Crippen LogP contribution is -2.45. The zero-order valence-corrected chi connectivity index (χ0v) is 23.0. The highest BCUT2D eigenvalue weighted by Gasteiger charge is 2.42. The SMILES string of the molecule is C=CC(=O)N1CCC(n2nc(N3CCC4C(CC(=O)N4C)C3)c(-c3c(Cl)c(C)cc4[nH]ncc34)c2C)CC1. The van der Waals surface area contributed by atoms with E-state index in [0.29, 0.717) is 30.6 Å². The number of hydrogen-bond donors (Lipinski definition) is 1. The number of piperidine rings is 2. The van der Waals surface area contributed by atoms with Crippen LogP contribution in [0.4, 0.5) is 5.82 Å². The number of carbonyl (C=O) groups excluding carboxylic acids is 2. The number of benzene rings is 1. The van der Waals surface area contributed by atoms with E-state index >= 15 is 0 Å². The van der Waals surface area contributed by atoms with Crippen molar-refractivity contribution in [1.29, 1.82) is 0 Å². The maximum absolute atomic E-state index is 12.5. The molecule has 3 aromatic rings. The normalized spacial score (nSPS) is 22.4. The fraction of sp³-hybridized carbons (Fsp3) is 0.500. The molecule has 2 amide bonds. The summed E-state index contributed by atoms with van der Waals surface area (Å²) in [6.07, 6.45) is 6.39. The molecule has 2 unspecified atom stereocenters. The van der Waals surface area contributed by atoms with Crippen molar-refractivity contribution in [2.24, 2.45) is 5.92 Å². The first-order chi connectivity index (χ1) is 18.3. The highest BCUT2D eigenvalue weighted by molar-refractivity contribution is 6.36. The van der Waals surface area contributed by atoms with Gasteiger partial charge in [0.15, 0.2) is 5.82 Å². The van der Waals surface area contributed by atoms with E-state index < -0.39 is 0 Å². The van der Waals surface area contributed by atoms with Crippen molar-refractivity contribution in [1.82, 2.24) is 29.8 Å². The van der Waals surface area contributed by atoms with Gasteiger partial charge in [-0.25, -0.2) is 0 Å². The summed E-state index contributed by atoms with van der Waals surface area (Å²) in [5.74, 6) is 1.42. The van der Waals surface area contributed by atoms with E-state index in [1.165, 1.54) is 6.08 Å². The maximum Gasteiger partial charge on any atom is 0.245 e. The molecule has 38 heavy (non-hydrogen) atoms. The molecular weight excluding hydrogens is 502 g/mol. The van der Waals surface area contributed by atoms with Crippen molar-refractivity contribution in [2.75, 3.05) is 38.1 Å². The van der Waals surface area contributed by atoms with E-state index in [2.05, 4.69) is 33.3 Å². The Labute approximate surface area is 227 Å². The average molecular weight is 536 g/mol. The Balaban J connectivity index is 1.44. The lowest BCUT2D eigenvalue weighted by Gasteiger charge is -2.37. The molecule has 0 bridgehead atoms. The molecule has 0 aliphatic carbocycles. The molecule has 3 aliphatic rings. The largest absolute Gasteiger partial charge is 0.354 e. The van der Waals surface area contributed by atoms with Crippen LogP contribution in [0.15, 0.2) is 24.9 Å². The van der Waals surface area contributed by atoms with E-state index in [1.807, 2.05) is 36.0 Å². The van der Waals surface area contributed by atoms with Gasteiger partial charge in [0.05, 0.1) is 22.8 Å². The molecule has 3 aliphatic heterocycles. The monoisotopic (exact) mass is 535 g/mol. The summed E-state index contributed by atoms with van der Waals surface area (Å²) in [7, 11) is 1.93. The molecule has 0 saturated carbocycles.